The molecule has 2 aromatic rings. The lowest BCUT2D eigenvalue weighted by Gasteiger charge is -2.42. The smallest absolute Gasteiger partial charge is 0.223 e. The zero-order chi connectivity index (χ0) is 20.2. The lowest BCUT2D eigenvalue weighted by atomic mass is 9.64. The maximum Gasteiger partial charge on any atom is 0.223 e. The summed E-state index contributed by atoms with van der Waals surface area (Å²) in [6.07, 6.45) is 12.2. The minimum absolute atomic E-state index is 0.250. The average molecular weight is 406 g/mol. The van der Waals surface area contributed by atoms with Crippen molar-refractivity contribution in [1.29, 1.82) is 0 Å². The molecule has 0 unspecified atom stereocenters. The molecule has 5 heteroatoms. The Balaban J connectivity index is 1.27. The van der Waals surface area contributed by atoms with Gasteiger partial charge >= 0.3 is 0 Å². The van der Waals surface area contributed by atoms with Gasteiger partial charge in [0.15, 0.2) is 0 Å². The van der Waals surface area contributed by atoms with Crippen molar-refractivity contribution in [2.45, 2.75) is 56.8 Å². The molecule has 1 spiro atoms. The van der Waals surface area contributed by atoms with Gasteiger partial charge in [-0.05, 0) is 82.4 Å². The molecular weight excluding hydrogens is 370 g/mol. The summed E-state index contributed by atoms with van der Waals surface area (Å²) in [5, 5.41) is 7.02. The van der Waals surface area contributed by atoms with Crippen molar-refractivity contribution in [2.75, 3.05) is 44.6 Å². The first-order valence-corrected chi connectivity index (χ1v) is 12.0. The summed E-state index contributed by atoms with van der Waals surface area (Å²) < 4.78 is 0. The Labute approximate surface area is 180 Å². The number of piperidine rings is 1. The van der Waals surface area contributed by atoms with Crippen molar-refractivity contribution in [3.63, 3.8) is 0 Å². The van der Waals surface area contributed by atoms with Gasteiger partial charge < -0.3 is 15.5 Å². The van der Waals surface area contributed by atoms with Crippen molar-refractivity contribution in [3.8, 4) is 11.3 Å². The fraction of sp³-hybridized carbons (Fsp3) is 0.600. The van der Waals surface area contributed by atoms with E-state index >= 15 is 0 Å². The normalized spacial score (nSPS) is 20.9. The van der Waals surface area contributed by atoms with E-state index in [0.717, 1.165) is 44.1 Å². The number of nitrogens with one attached hydrogen (secondary N) is 2. The number of fused-ring (bicyclic) bond motifs is 4. The lowest BCUT2D eigenvalue weighted by Crippen LogP contribution is -2.43. The molecule has 1 aromatic heterocycles. The lowest BCUT2D eigenvalue weighted by molar-refractivity contribution is 0.284. The molecule has 1 aliphatic carbocycles. The molecular formula is C25H35N5. The number of likely N-dealkylation sites (tertiary alicyclic amines) is 1. The molecule has 5 nitrogen and oxygen atoms in total. The van der Waals surface area contributed by atoms with E-state index in [0.29, 0.717) is 0 Å². The second kappa shape index (κ2) is 9.03. The molecule has 3 aliphatic rings. The molecule has 2 aliphatic heterocycles. The van der Waals surface area contributed by atoms with E-state index in [-0.39, 0.29) is 5.41 Å². The highest BCUT2D eigenvalue weighted by molar-refractivity contribution is 5.72. The van der Waals surface area contributed by atoms with E-state index < -0.39 is 0 Å². The van der Waals surface area contributed by atoms with Crippen molar-refractivity contribution < 1.29 is 0 Å². The zero-order valence-electron chi connectivity index (χ0n) is 18.1. The highest BCUT2D eigenvalue weighted by atomic mass is 15.1. The van der Waals surface area contributed by atoms with Crippen LogP contribution in [-0.2, 0) is 11.8 Å². The number of hydrogen-bond donors (Lipinski definition) is 2. The first kappa shape index (κ1) is 20.0. The molecule has 0 saturated carbocycles. The van der Waals surface area contributed by atoms with Gasteiger partial charge in [-0.15, -0.1) is 0 Å². The summed E-state index contributed by atoms with van der Waals surface area (Å²) in [5.74, 6) is 0.778. The molecule has 0 atom stereocenters. The summed E-state index contributed by atoms with van der Waals surface area (Å²) in [7, 11) is 0. The van der Waals surface area contributed by atoms with E-state index in [2.05, 4.69) is 46.0 Å². The first-order chi connectivity index (χ1) is 14.8. The van der Waals surface area contributed by atoms with Crippen molar-refractivity contribution >= 4 is 5.95 Å². The maximum absolute atomic E-state index is 4.98. The number of benzene rings is 1. The van der Waals surface area contributed by atoms with Gasteiger partial charge in [-0.25, -0.2) is 9.97 Å². The van der Waals surface area contributed by atoms with Crippen LogP contribution in [0.3, 0.4) is 0 Å². The summed E-state index contributed by atoms with van der Waals surface area (Å²) in [5.41, 5.74) is 5.51. The zero-order valence-corrected chi connectivity index (χ0v) is 18.1. The number of anilines is 1. The Hall–Kier alpha value is -1.98. The Morgan fingerprint density at radius 1 is 1.03 bits per heavy atom. The summed E-state index contributed by atoms with van der Waals surface area (Å²) in [6.45, 7) is 6.85. The Kier molecular flexibility index (Phi) is 6.00. The first-order valence-electron chi connectivity index (χ1n) is 12.0. The quantitative estimate of drug-likeness (QED) is 0.737. The largest absolute Gasteiger partial charge is 0.354 e. The molecule has 2 saturated heterocycles. The molecule has 0 bridgehead atoms. The van der Waals surface area contributed by atoms with Gasteiger partial charge in [-0.3, -0.25) is 0 Å². The SMILES string of the molecule is c1ccc2c(c1)-c1nc(NCCCN3CCCCCC3)ncc1CC21CCNCC1. The standard InChI is InChI=1S/C25H35N5/c1-2-6-16-30(15-5-1)17-7-12-27-24-28-19-20-18-25(10-13-26-14-11-25)22-9-4-3-8-21(22)23(20)29-24/h3-4,8-9,19,26H,1-2,5-7,10-18H2,(H,27,28,29). The number of hydrogen-bond acceptors (Lipinski definition) is 5. The monoisotopic (exact) mass is 405 g/mol. The third-order valence-corrected chi connectivity index (χ3v) is 7.34. The predicted molar refractivity (Wildman–Crippen MR) is 123 cm³/mol. The van der Waals surface area contributed by atoms with E-state index in [1.165, 1.54) is 74.8 Å². The van der Waals surface area contributed by atoms with Gasteiger partial charge in [0.25, 0.3) is 0 Å². The topological polar surface area (TPSA) is 53.1 Å². The molecule has 30 heavy (non-hydrogen) atoms. The van der Waals surface area contributed by atoms with E-state index in [4.69, 9.17) is 9.97 Å². The molecule has 2 N–H and O–H groups in total. The van der Waals surface area contributed by atoms with E-state index in [9.17, 15) is 0 Å². The van der Waals surface area contributed by atoms with E-state index in [1.54, 1.807) is 0 Å². The summed E-state index contributed by atoms with van der Waals surface area (Å²) in [6, 6.07) is 8.93. The van der Waals surface area contributed by atoms with Crippen molar-refractivity contribution in [2.24, 2.45) is 0 Å². The van der Waals surface area contributed by atoms with Gasteiger partial charge in [0.1, 0.15) is 0 Å². The number of aromatic nitrogens is 2. The van der Waals surface area contributed by atoms with Crippen LogP contribution in [0.15, 0.2) is 30.5 Å². The molecule has 160 valence electrons. The van der Waals surface area contributed by atoms with Gasteiger partial charge in [0.05, 0.1) is 5.69 Å². The van der Waals surface area contributed by atoms with Gasteiger partial charge in [0.2, 0.25) is 5.95 Å². The molecule has 0 amide bonds. The molecule has 0 radical (unpaired) electrons. The number of nitrogens with zero attached hydrogens (tertiary/aromatic N) is 3. The third kappa shape index (κ3) is 4.10. The summed E-state index contributed by atoms with van der Waals surface area (Å²) >= 11 is 0. The second-order valence-corrected chi connectivity index (χ2v) is 9.36. The second-order valence-electron chi connectivity index (χ2n) is 9.36. The molecule has 3 heterocycles. The predicted octanol–water partition coefficient (Wildman–Crippen LogP) is 4.00. The van der Waals surface area contributed by atoms with Crippen molar-refractivity contribution in [1.82, 2.24) is 20.2 Å². The molecule has 1 aromatic carbocycles. The van der Waals surface area contributed by atoms with Crippen LogP contribution >= 0.6 is 0 Å². The Bertz CT molecular complexity index is 850. The van der Waals surface area contributed by atoms with Crippen LogP contribution in [0.1, 0.15) is 56.1 Å². The fourth-order valence-electron chi connectivity index (χ4n) is 5.68. The minimum Gasteiger partial charge on any atom is -0.354 e. The summed E-state index contributed by atoms with van der Waals surface area (Å²) in [4.78, 5) is 12.3. The van der Waals surface area contributed by atoms with Gasteiger partial charge in [0, 0.05) is 23.7 Å². The van der Waals surface area contributed by atoms with E-state index in [1.807, 2.05) is 0 Å². The fourth-order valence-corrected chi connectivity index (χ4v) is 5.68. The van der Waals surface area contributed by atoms with Crippen LogP contribution in [0.2, 0.25) is 0 Å². The van der Waals surface area contributed by atoms with Crippen LogP contribution in [0.25, 0.3) is 11.3 Å². The molecule has 5 rings (SSSR count). The minimum atomic E-state index is 0.250. The van der Waals surface area contributed by atoms with Crippen LogP contribution in [0.4, 0.5) is 5.95 Å². The van der Waals surface area contributed by atoms with Crippen LogP contribution < -0.4 is 10.6 Å². The Morgan fingerprint density at radius 2 is 1.83 bits per heavy atom. The van der Waals surface area contributed by atoms with Crippen LogP contribution in [0, 0.1) is 0 Å². The highest BCUT2D eigenvalue weighted by Crippen LogP contribution is 2.46. The number of rotatable bonds is 5. The molecule has 2 fully saturated rings. The maximum atomic E-state index is 4.98. The van der Waals surface area contributed by atoms with Crippen molar-refractivity contribution in [3.05, 3.63) is 41.6 Å². The van der Waals surface area contributed by atoms with Gasteiger partial charge in [-0.2, -0.15) is 0 Å². The third-order valence-electron chi connectivity index (χ3n) is 7.34. The Morgan fingerprint density at radius 3 is 2.67 bits per heavy atom. The van der Waals surface area contributed by atoms with Gasteiger partial charge in [-0.1, -0.05) is 37.1 Å². The average Bonchev–Trinajstić information content (AvgIpc) is 3.07. The highest BCUT2D eigenvalue weighted by Gasteiger charge is 2.40. The van der Waals surface area contributed by atoms with Crippen LogP contribution in [-0.4, -0.2) is 54.1 Å². The van der Waals surface area contributed by atoms with Crippen LogP contribution in [0.5, 0.6) is 0 Å².